The summed E-state index contributed by atoms with van der Waals surface area (Å²) in [5, 5.41) is 0. The van der Waals surface area contributed by atoms with Gasteiger partial charge in [0.2, 0.25) is 0 Å². The van der Waals surface area contributed by atoms with Crippen LogP contribution in [0.4, 0.5) is 4.39 Å². The fourth-order valence-corrected chi connectivity index (χ4v) is 2.65. The Kier molecular flexibility index (Phi) is 4.14. The minimum Gasteiger partial charge on any atom is -0.459 e. The van der Waals surface area contributed by atoms with Gasteiger partial charge < -0.3 is 14.2 Å². The van der Waals surface area contributed by atoms with Crippen LogP contribution in [0.1, 0.15) is 26.5 Å². The summed E-state index contributed by atoms with van der Waals surface area (Å²) in [6, 6.07) is 7.67. The fourth-order valence-electron chi connectivity index (χ4n) is 2.65. The van der Waals surface area contributed by atoms with Gasteiger partial charge in [-0.3, -0.25) is 9.59 Å². The number of amides is 2. The van der Waals surface area contributed by atoms with E-state index in [1.807, 2.05) is 6.92 Å². The van der Waals surface area contributed by atoms with Gasteiger partial charge in [0.25, 0.3) is 11.8 Å². The Morgan fingerprint density at radius 3 is 2.17 bits per heavy atom. The van der Waals surface area contributed by atoms with Crippen molar-refractivity contribution in [3.63, 3.8) is 0 Å². The summed E-state index contributed by atoms with van der Waals surface area (Å²) in [6.45, 7) is 3.37. The van der Waals surface area contributed by atoms with E-state index in [2.05, 4.69) is 0 Å². The van der Waals surface area contributed by atoms with Crippen LogP contribution in [0.15, 0.2) is 41.0 Å². The molecule has 2 aromatic rings. The Morgan fingerprint density at radius 1 is 1.00 bits per heavy atom. The van der Waals surface area contributed by atoms with E-state index in [4.69, 9.17) is 4.42 Å². The van der Waals surface area contributed by atoms with Gasteiger partial charge in [0.05, 0.1) is 11.8 Å². The SMILES string of the molecule is Cc1ccoc1C(=O)N1CCN(C(=O)c2ccccc2F)CC1. The van der Waals surface area contributed by atoms with Crippen LogP contribution in [0.5, 0.6) is 0 Å². The first-order valence-corrected chi connectivity index (χ1v) is 7.45. The number of aryl methyl sites for hydroxylation is 1. The third kappa shape index (κ3) is 2.97. The van der Waals surface area contributed by atoms with E-state index in [1.165, 1.54) is 18.4 Å². The number of benzene rings is 1. The highest BCUT2D eigenvalue weighted by Gasteiger charge is 2.28. The lowest BCUT2D eigenvalue weighted by atomic mass is 10.1. The summed E-state index contributed by atoms with van der Waals surface area (Å²) >= 11 is 0. The van der Waals surface area contributed by atoms with Crippen molar-refractivity contribution in [3.8, 4) is 0 Å². The van der Waals surface area contributed by atoms with E-state index in [1.54, 1.807) is 28.0 Å². The van der Waals surface area contributed by atoms with Gasteiger partial charge in [-0.05, 0) is 25.1 Å². The molecule has 0 saturated carbocycles. The number of halogens is 1. The third-order valence-electron chi connectivity index (χ3n) is 4.01. The van der Waals surface area contributed by atoms with Crippen LogP contribution in [0.3, 0.4) is 0 Å². The van der Waals surface area contributed by atoms with Gasteiger partial charge in [-0.1, -0.05) is 12.1 Å². The first kappa shape index (κ1) is 15.3. The van der Waals surface area contributed by atoms with Gasteiger partial charge >= 0.3 is 0 Å². The van der Waals surface area contributed by atoms with E-state index >= 15 is 0 Å². The number of rotatable bonds is 2. The quantitative estimate of drug-likeness (QED) is 0.854. The molecule has 120 valence electrons. The van der Waals surface area contributed by atoms with Crippen LogP contribution in [0, 0.1) is 12.7 Å². The van der Waals surface area contributed by atoms with E-state index in [-0.39, 0.29) is 17.4 Å². The number of piperazine rings is 1. The Balaban J connectivity index is 1.65. The van der Waals surface area contributed by atoms with Gasteiger partial charge in [-0.25, -0.2) is 4.39 Å². The second-order valence-electron chi connectivity index (χ2n) is 5.50. The Bertz CT molecular complexity index is 733. The molecule has 0 N–H and O–H groups in total. The van der Waals surface area contributed by atoms with Crippen LogP contribution in [-0.2, 0) is 0 Å². The van der Waals surface area contributed by atoms with Crippen LogP contribution in [0.2, 0.25) is 0 Å². The van der Waals surface area contributed by atoms with Gasteiger partial charge in [0.15, 0.2) is 5.76 Å². The molecule has 0 aliphatic carbocycles. The average molecular weight is 316 g/mol. The maximum absolute atomic E-state index is 13.7. The maximum atomic E-state index is 13.7. The van der Waals surface area contributed by atoms with Crippen LogP contribution < -0.4 is 0 Å². The molecule has 23 heavy (non-hydrogen) atoms. The van der Waals surface area contributed by atoms with Crippen molar-refractivity contribution in [2.75, 3.05) is 26.2 Å². The van der Waals surface area contributed by atoms with Gasteiger partial charge in [0.1, 0.15) is 5.82 Å². The van der Waals surface area contributed by atoms with Crippen molar-refractivity contribution in [1.29, 1.82) is 0 Å². The molecule has 1 aliphatic rings. The predicted molar refractivity (Wildman–Crippen MR) is 81.7 cm³/mol. The molecular formula is C17H17FN2O3. The zero-order valence-electron chi connectivity index (χ0n) is 12.8. The number of carbonyl (C=O) groups excluding carboxylic acids is 2. The Labute approximate surface area is 133 Å². The number of carbonyl (C=O) groups is 2. The lowest BCUT2D eigenvalue weighted by molar-refractivity contribution is 0.0515. The van der Waals surface area contributed by atoms with E-state index in [0.29, 0.717) is 31.9 Å². The lowest BCUT2D eigenvalue weighted by Crippen LogP contribution is -2.50. The number of hydrogen-bond donors (Lipinski definition) is 0. The highest BCUT2D eigenvalue weighted by molar-refractivity contribution is 5.95. The van der Waals surface area contributed by atoms with Gasteiger partial charge in [-0.15, -0.1) is 0 Å². The van der Waals surface area contributed by atoms with Gasteiger partial charge in [-0.2, -0.15) is 0 Å². The first-order valence-electron chi connectivity index (χ1n) is 7.45. The van der Waals surface area contributed by atoms with Crippen molar-refractivity contribution >= 4 is 11.8 Å². The molecule has 1 aromatic carbocycles. The minimum absolute atomic E-state index is 0.0640. The van der Waals surface area contributed by atoms with E-state index in [9.17, 15) is 14.0 Å². The summed E-state index contributed by atoms with van der Waals surface area (Å²) in [7, 11) is 0. The molecule has 5 nitrogen and oxygen atoms in total. The lowest BCUT2D eigenvalue weighted by Gasteiger charge is -2.34. The molecule has 2 amide bonds. The molecule has 0 bridgehead atoms. The van der Waals surface area contributed by atoms with Crippen molar-refractivity contribution in [2.45, 2.75) is 6.92 Å². The van der Waals surface area contributed by atoms with Crippen molar-refractivity contribution in [2.24, 2.45) is 0 Å². The van der Waals surface area contributed by atoms with Crippen LogP contribution >= 0.6 is 0 Å². The molecule has 1 saturated heterocycles. The molecule has 0 radical (unpaired) electrons. The summed E-state index contributed by atoms with van der Waals surface area (Å²) in [5.74, 6) is -0.712. The van der Waals surface area contributed by atoms with Crippen LogP contribution in [0.25, 0.3) is 0 Å². The third-order valence-corrected chi connectivity index (χ3v) is 4.01. The Morgan fingerprint density at radius 2 is 1.61 bits per heavy atom. The smallest absolute Gasteiger partial charge is 0.289 e. The fraction of sp³-hybridized carbons (Fsp3) is 0.294. The number of furan rings is 1. The summed E-state index contributed by atoms with van der Waals surface area (Å²) in [6.07, 6.45) is 1.49. The van der Waals surface area contributed by atoms with Gasteiger partial charge in [0, 0.05) is 31.7 Å². The molecule has 0 atom stereocenters. The Hall–Kier alpha value is -2.63. The second kappa shape index (κ2) is 6.24. The molecular weight excluding hydrogens is 299 g/mol. The summed E-state index contributed by atoms with van der Waals surface area (Å²) in [5.41, 5.74) is 0.856. The molecule has 1 fully saturated rings. The molecule has 2 heterocycles. The normalized spacial score (nSPS) is 14.9. The second-order valence-corrected chi connectivity index (χ2v) is 5.50. The van der Waals surface area contributed by atoms with E-state index in [0.717, 1.165) is 5.56 Å². The summed E-state index contributed by atoms with van der Waals surface area (Å²) in [4.78, 5) is 27.9. The zero-order valence-corrected chi connectivity index (χ0v) is 12.8. The molecule has 1 aromatic heterocycles. The van der Waals surface area contributed by atoms with E-state index < -0.39 is 5.82 Å². The maximum Gasteiger partial charge on any atom is 0.289 e. The average Bonchev–Trinajstić information content (AvgIpc) is 3.00. The zero-order chi connectivity index (χ0) is 16.4. The monoisotopic (exact) mass is 316 g/mol. The van der Waals surface area contributed by atoms with Crippen molar-refractivity contribution in [3.05, 3.63) is 59.3 Å². The number of hydrogen-bond acceptors (Lipinski definition) is 3. The molecule has 0 spiro atoms. The molecule has 0 unspecified atom stereocenters. The summed E-state index contributed by atoms with van der Waals surface area (Å²) < 4.78 is 18.9. The van der Waals surface area contributed by atoms with Crippen LogP contribution in [-0.4, -0.2) is 47.8 Å². The predicted octanol–water partition coefficient (Wildman–Crippen LogP) is 2.33. The molecule has 1 aliphatic heterocycles. The van der Waals surface area contributed by atoms with Crippen molar-refractivity contribution in [1.82, 2.24) is 9.80 Å². The standard InChI is InChI=1S/C17H17FN2O3/c1-12-6-11-23-15(12)17(22)20-9-7-19(8-10-20)16(21)13-4-2-3-5-14(13)18/h2-6,11H,7-10H2,1H3. The molecule has 6 heteroatoms. The largest absolute Gasteiger partial charge is 0.459 e. The topological polar surface area (TPSA) is 53.8 Å². The highest BCUT2D eigenvalue weighted by atomic mass is 19.1. The number of nitrogens with zero attached hydrogens (tertiary/aromatic N) is 2. The van der Waals surface area contributed by atoms with Crippen molar-refractivity contribution < 1.29 is 18.4 Å². The molecule has 3 rings (SSSR count). The first-order chi connectivity index (χ1) is 11.1. The highest BCUT2D eigenvalue weighted by Crippen LogP contribution is 2.16. The minimum atomic E-state index is -0.526.